The number of aromatic nitrogens is 2. The minimum absolute atomic E-state index is 0.590. The van der Waals surface area contributed by atoms with Crippen molar-refractivity contribution in [2.75, 3.05) is 0 Å². The Bertz CT molecular complexity index is 3370. The Kier molecular flexibility index (Phi) is 6.27. The predicted octanol–water partition coefficient (Wildman–Crippen LogP) is 14.0. The number of nitrogens with zero attached hydrogens (tertiary/aromatic N) is 2. The molecule has 12 rings (SSSR count). The summed E-state index contributed by atoms with van der Waals surface area (Å²) in [6.07, 6.45) is 0. The van der Waals surface area contributed by atoms with Gasteiger partial charge in [-0.2, -0.15) is 0 Å². The van der Waals surface area contributed by atoms with Crippen LogP contribution < -0.4 is 0 Å². The lowest BCUT2D eigenvalue weighted by molar-refractivity contribution is 0.668. The average molecular weight is 705 g/mol. The van der Waals surface area contributed by atoms with Gasteiger partial charge < -0.3 is 13.3 Å². The van der Waals surface area contributed by atoms with Crippen molar-refractivity contribution < 1.29 is 13.3 Å². The molecule has 0 bridgehead atoms. The molecule has 0 saturated carbocycles. The Morgan fingerprint density at radius 3 is 1.49 bits per heavy atom. The Morgan fingerprint density at radius 1 is 0.309 bits per heavy atom. The van der Waals surface area contributed by atoms with Gasteiger partial charge in [0.1, 0.15) is 33.5 Å². The van der Waals surface area contributed by atoms with Crippen LogP contribution in [0.1, 0.15) is 0 Å². The minimum atomic E-state index is 0.590. The SMILES string of the molecule is c1ccc(-c2cc(-c3nc(-c4cccc5oc6ccccc6c45)cc(-c4cccc5oc6ccccc6c45)n3)cc3oc4cc5ccccc5cc4c23)cc1. The van der Waals surface area contributed by atoms with Gasteiger partial charge in [-0.1, -0.05) is 115 Å². The zero-order valence-corrected chi connectivity index (χ0v) is 29.3. The van der Waals surface area contributed by atoms with Crippen molar-refractivity contribution in [2.45, 2.75) is 0 Å². The molecule has 5 heteroatoms. The van der Waals surface area contributed by atoms with Gasteiger partial charge in [0.05, 0.1) is 11.4 Å². The van der Waals surface area contributed by atoms with Crippen LogP contribution in [-0.4, -0.2) is 9.97 Å². The largest absolute Gasteiger partial charge is 0.456 e. The molecule has 0 atom stereocenters. The first-order chi connectivity index (χ1) is 27.2. The van der Waals surface area contributed by atoms with Gasteiger partial charge in [-0.05, 0) is 76.5 Å². The van der Waals surface area contributed by atoms with E-state index < -0.39 is 0 Å². The normalized spacial score (nSPS) is 12.0. The summed E-state index contributed by atoms with van der Waals surface area (Å²) in [6.45, 7) is 0. The van der Waals surface area contributed by atoms with Crippen molar-refractivity contribution in [1.82, 2.24) is 9.97 Å². The number of hydrogen-bond donors (Lipinski definition) is 0. The molecule has 0 N–H and O–H groups in total. The van der Waals surface area contributed by atoms with Crippen LogP contribution in [0.15, 0.2) is 183 Å². The molecule has 4 aromatic heterocycles. The third-order valence-electron chi connectivity index (χ3n) is 10.9. The first-order valence-corrected chi connectivity index (χ1v) is 18.4. The highest BCUT2D eigenvalue weighted by molar-refractivity contribution is 6.17. The first-order valence-electron chi connectivity index (χ1n) is 18.4. The van der Waals surface area contributed by atoms with Gasteiger partial charge in [0.15, 0.2) is 5.82 Å². The van der Waals surface area contributed by atoms with Gasteiger partial charge in [0.25, 0.3) is 0 Å². The van der Waals surface area contributed by atoms with Crippen LogP contribution in [0, 0.1) is 0 Å². The van der Waals surface area contributed by atoms with Crippen molar-refractivity contribution >= 4 is 76.6 Å². The zero-order chi connectivity index (χ0) is 36.0. The summed E-state index contributed by atoms with van der Waals surface area (Å²) in [7, 11) is 0. The van der Waals surface area contributed by atoms with E-state index in [1.165, 1.54) is 5.39 Å². The molecule has 0 radical (unpaired) electrons. The highest BCUT2D eigenvalue weighted by atomic mass is 16.3. The number of fused-ring (bicyclic) bond motifs is 10. The maximum Gasteiger partial charge on any atom is 0.160 e. The topological polar surface area (TPSA) is 65.2 Å². The van der Waals surface area contributed by atoms with Crippen LogP contribution in [0.3, 0.4) is 0 Å². The molecule has 8 aromatic carbocycles. The van der Waals surface area contributed by atoms with Crippen molar-refractivity contribution in [3.05, 3.63) is 170 Å². The summed E-state index contributed by atoms with van der Waals surface area (Å²) in [5.74, 6) is 0.590. The maximum absolute atomic E-state index is 6.73. The molecule has 0 aliphatic carbocycles. The monoisotopic (exact) mass is 704 g/mol. The number of hydrogen-bond acceptors (Lipinski definition) is 5. The van der Waals surface area contributed by atoms with E-state index in [4.69, 9.17) is 23.2 Å². The van der Waals surface area contributed by atoms with E-state index in [1.54, 1.807) is 0 Å². The Labute approximate surface area is 313 Å². The Hall–Kier alpha value is -7.50. The molecule has 5 nitrogen and oxygen atoms in total. The number of para-hydroxylation sites is 2. The van der Waals surface area contributed by atoms with E-state index in [9.17, 15) is 0 Å². The lowest BCUT2D eigenvalue weighted by Gasteiger charge is -2.12. The summed E-state index contributed by atoms with van der Waals surface area (Å²) in [5.41, 5.74) is 11.4. The van der Waals surface area contributed by atoms with E-state index >= 15 is 0 Å². The van der Waals surface area contributed by atoms with Gasteiger partial charge in [-0.25, -0.2) is 9.97 Å². The summed E-state index contributed by atoms with van der Waals surface area (Å²) < 4.78 is 19.4. The van der Waals surface area contributed by atoms with Gasteiger partial charge in [-0.15, -0.1) is 0 Å². The molecule has 12 aromatic rings. The molecule has 4 heterocycles. The van der Waals surface area contributed by atoms with Crippen LogP contribution in [0.25, 0.3) is 122 Å². The number of furan rings is 3. The lowest BCUT2D eigenvalue weighted by Crippen LogP contribution is -1.97. The second-order valence-electron chi connectivity index (χ2n) is 14.1. The molecule has 0 aliphatic rings. The van der Waals surface area contributed by atoms with E-state index in [1.807, 2.05) is 66.7 Å². The zero-order valence-electron chi connectivity index (χ0n) is 29.3. The summed E-state index contributed by atoms with van der Waals surface area (Å²) in [4.78, 5) is 10.8. The fraction of sp³-hybridized carbons (Fsp3) is 0. The minimum Gasteiger partial charge on any atom is -0.456 e. The third kappa shape index (κ3) is 4.60. The summed E-state index contributed by atoms with van der Waals surface area (Å²) in [6, 6.07) is 58.4. The van der Waals surface area contributed by atoms with Gasteiger partial charge in [0.2, 0.25) is 0 Å². The molecule has 0 spiro atoms. The fourth-order valence-corrected chi connectivity index (χ4v) is 8.39. The number of benzene rings is 8. The standard InChI is InChI=1S/C50H28N2O3/c1-2-12-29(13-3-1)37-25-32(27-46-49(37)38-24-30-14-4-5-15-31(30)26-45(38)55-46)50-51-39(33-18-10-22-43-47(33)35-16-6-8-20-41(35)53-43)28-40(52-50)34-19-11-23-44-48(34)36-17-7-9-21-42(36)54-44/h1-28H. The van der Waals surface area contributed by atoms with Crippen LogP contribution >= 0.6 is 0 Å². The first kappa shape index (κ1) is 30.0. The predicted molar refractivity (Wildman–Crippen MR) is 223 cm³/mol. The molecule has 0 unspecified atom stereocenters. The molecule has 0 fully saturated rings. The van der Waals surface area contributed by atoms with Crippen LogP contribution in [-0.2, 0) is 0 Å². The third-order valence-corrected chi connectivity index (χ3v) is 10.9. The molecular formula is C50H28N2O3. The molecule has 55 heavy (non-hydrogen) atoms. The average Bonchev–Trinajstić information content (AvgIpc) is 3.93. The van der Waals surface area contributed by atoms with Gasteiger partial charge >= 0.3 is 0 Å². The van der Waals surface area contributed by atoms with E-state index in [0.717, 1.165) is 110 Å². The fourth-order valence-electron chi connectivity index (χ4n) is 8.39. The smallest absolute Gasteiger partial charge is 0.160 e. The Morgan fingerprint density at radius 2 is 0.836 bits per heavy atom. The lowest BCUT2D eigenvalue weighted by atomic mass is 9.95. The summed E-state index contributed by atoms with van der Waals surface area (Å²) in [5, 5.41) is 8.57. The Balaban J connectivity index is 1.18. The quantitative estimate of drug-likeness (QED) is 0.182. The van der Waals surface area contributed by atoms with Crippen LogP contribution in [0.4, 0.5) is 0 Å². The van der Waals surface area contributed by atoms with Crippen molar-refractivity contribution in [1.29, 1.82) is 0 Å². The van der Waals surface area contributed by atoms with Gasteiger partial charge in [0, 0.05) is 49.0 Å². The van der Waals surface area contributed by atoms with Gasteiger partial charge in [-0.3, -0.25) is 0 Å². The van der Waals surface area contributed by atoms with Crippen molar-refractivity contribution in [3.8, 4) is 45.0 Å². The van der Waals surface area contributed by atoms with Crippen LogP contribution in [0.5, 0.6) is 0 Å². The maximum atomic E-state index is 6.73. The van der Waals surface area contributed by atoms with Crippen molar-refractivity contribution in [3.63, 3.8) is 0 Å². The second-order valence-corrected chi connectivity index (χ2v) is 14.1. The molecule has 0 saturated heterocycles. The van der Waals surface area contributed by atoms with E-state index in [-0.39, 0.29) is 0 Å². The molecular weight excluding hydrogens is 677 g/mol. The molecule has 0 aliphatic heterocycles. The van der Waals surface area contributed by atoms with E-state index in [0.29, 0.717) is 5.82 Å². The molecule has 256 valence electrons. The highest BCUT2D eigenvalue weighted by Crippen LogP contribution is 2.43. The van der Waals surface area contributed by atoms with Crippen LogP contribution in [0.2, 0.25) is 0 Å². The van der Waals surface area contributed by atoms with Crippen molar-refractivity contribution in [2.24, 2.45) is 0 Å². The van der Waals surface area contributed by atoms with E-state index in [2.05, 4.69) is 103 Å². The second kappa shape index (κ2) is 11.5. The highest BCUT2D eigenvalue weighted by Gasteiger charge is 2.21. The molecule has 0 amide bonds. The summed E-state index contributed by atoms with van der Waals surface area (Å²) >= 11 is 0. The number of rotatable bonds is 4.